The van der Waals surface area contributed by atoms with Gasteiger partial charge in [-0.2, -0.15) is 0 Å². The van der Waals surface area contributed by atoms with E-state index in [4.69, 9.17) is 5.14 Å². The summed E-state index contributed by atoms with van der Waals surface area (Å²) in [6, 6.07) is 0. The van der Waals surface area contributed by atoms with E-state index in [9.17, 15) is 13.2 Å². The zero-order chi connectivity index (χ0) is 14.1. The Bertz CT molecular complexity index is 531. The van der Waals surface area contributed by atoms with Crippen LogP contribution in [0.15, 0.2) is 0 Å². The first-order chi connectivity index (χ1) is 9.47. The van der Waals surface area contributed by atoms with Crippen LogP contribution in [0.2, 0.25) is 0 Å². The standard InChI is InChI=1S/C14H22N2O3S/c15-20(18,19)10-2-1-5-16(7-10)14(17)13-11-8-3-4-9(6-8)12(11)13/h8-13H,1-7H2,(H2,15,18,19). The second-order valence-electron chi connectivity index (χ2n) is 7.15. The Balaban J connectivity index is 1.45. The summed E-state index contributed by atoms with van der Waals surface area (Å²) < 4.78 is 23.0. The van der Waals surface area contributed by atoms with Crippen molar-refractivity contribution >= 4 is 15.9 Å². The number of fused-ring (bicyclic) bond motifs is 5. The molecule has 20 heavy (non-hydrogen) atoms. The minimum absolute atomic E-state index is 0.209. The van der Waals surface area contributed by atoms with Crippen LogP contribution in [0.5, 0.6) is 0 Å². The molecule has 6 heteroatoms. The van der Waals surface area contributed by atoms with Gasteiger partial charge < -0.3 is 4.90 Å². The van der Waals surface area contributed by atoms with Crippen molar-refractivity contribution in [2.75, 3.05) is 13.1 Å². The molecule has 0 radical (unpaired) electrons. The van der Waals surface area contributed by atoms with E-state index < -0.39 is 15.3 Å². The third kappa shape index (κ3) is 1.84. The zero-order valence-corrected chi connectivity index (χ0v) is 12.4. The van der Waals surface area contributed by atoms with Crippen LogP contribution < -0.4 is 5.14 Å². The molecule has 1 saturated heterocycles. The molecule has 2 bridgehead atoms. The number of carbonyl (C=O) groups is 1. The number of primary sulfonamides is 1. The van der Waals surface area contributed by atoms with Gasteiger partial charge in [-0.15, -0.1) is 0 Å². The second-order valence-corrected chi connectivity index (χ2v) is 9.00. The highest BCUT2D eigenvalue weighted by molar-refractivity contribution is 7.89. The van der Waals surface area contributed by atoms with Crippen LogP contribution >= 0.6 is 0 Å². The quantitative estimate of drug-likeness (QED) is 0.809. The molecule has 1 aliphatic heterocycles. The lowest BCUT2D eigenvalue weighted by molar-refractivity contribution is -0.134. The Morgan fingerprint density at radius 3 is 2.35 bits per heavy atom. The number of hydrogen-bond acceptors (Lipinski definition) is 3. The van der Waals surface area contributed by atoms with E-state index in [-0.39, 0.29) is 11.8 Å². The molecule has 0 aromatic heterocycles. The van der Waals surface area contributed by atoms with Crippen LogP contribution in [0.4, 0.5) is 0 Å². The van der Waals surface area contributed by atoms with Crippen LogP contribution in [0.3, 0.4) is 0 Å². The van der Waals surface area contributed by atoms with Gasteiger partial charge >= 0.3 is 0 Å². The summed E-state index contributed by atoms with van der Waals surface area (Å²) in [6.45, 7) is 1.01. The van der Waals surface area contributed by atoms with E-state index in [1.807, 2.05) is 0 Å². The van der Waals surface area contributed by atoms with Crippen molar-refractivity contribution in [3.05, 3.63) is 0 Å². The van der Waals surface area contributed by atoms with E-state index >= 15 is 0 Å². The molecule has 3 saturated carbocycles. The summed E-state index contributed by atoms with van der Waals surface area (Å²) in [5.41, 5.74) is 0. The lowest BCUT2D eigenvalue weighted by Crippen LogP contribution is -2.48. The Morgan fingerprint density at radius 2 is 1.75 bits per heavy atom. The summed E-state index contributed by atoms with van der Waals surface area (Å²) in [5, 5.41) is 4.68. The SMILES string of the molecule is NS(=O)(=O)C1CCCN(C(=O)C2C3C4CCC(C4)C23)C1. The highest BCUT2D eigenvalue weighted by Crippen LogP contribution is 2.69. The summed E-state index contributed by atoms with van der Waals surface area (Å²) in [5.74, 6) is 3.22. The Morgan fingerprint density at radius 1 is 1.10 bits per heavy atom. The maximum Gasteiger partial charge on any atom is 0.226 e. The first kappa shape index (κ1) is 13.1. The Kier molecular flexibility index (Phi) is 2.74. The molecule has 5 unspecified atom stereocenters. The van der Waals surface area contributed by atoms with Crippen molar-refractivity contribution in [3.8, 4) is 0 Å². The normalized spacial score (nSPS) is 46.4. The lowest BCUT2D eigenvalue weighted by atomic mass is 10.0. The number of likely N-dealkylation sites (tertiary alicyclic amines) is 1. The molecule has 112 valence electrons. The topological polar surface area (TPSA) is 80.5 Å². The highest BCUT2D eigenvalue weighted by Gasteiger charge is 2.68. The molecular formula is C14H22N2O3S. The van der Waals surface area contributed by atoms with E-state index in [0.717, 1.165) is 18.3 Å². The van der Waals surface area contributed by atoms with Crippen molar-refractivity contribution in [1.82, 2.24) is 4.90 Å². The average molecular weight is 298 g/mol. The van der Waals surface area contributed by atoms with Gasteiger partial charge in [0.05, 0.1) is 5.25 Å². The van der Waals surface area contributed by atoms with Crippen LogP contribution in [0, 0.1) is 29.6 Å². The van der Waals surface area contributed by atoms with Gasteiger partial charge in [0.2, 0.25) is 15.9 Å². The molecule has 4 aliphatic rings. The molecule has 0 aromatic carbocycles. The van der Waals surface area contributed by atoms with Gasteiger partial charge in [0, 0.05) is 19.0 Å². The molecule has 5 nitrogen and oxygen atoms in total. The Hall–Kier alpha value is -0.620. The minimum Gasteiger partial charge on any atom is -0.341 e. The van der Waals surface area contributed by atoms with Crippen LogP contribution in [-0.2, 0) is 14.8 Å². The molecule has 5 atom stereocenters. The smallest absolute Gasteiger partial charge is 0.226 e. The van der Waals surface area contributed by atoms with E-state index in [0.29, 0.717) is 31.3 Å². The van der Waals surface area contributed by atoms with E-state index in [1.54, 1.807) is 4.90 Å². The molecule has 0 spiro atoms. The van der Waals surface area contributed by atoms with Crippen molar-refractivity contribution in [1.29, 1.82) is 0 Å². The largest absolute Gasteiger partial charge is 0.341 e. The van der Waals surface area contributed by atoms with Crippen LogP contribution in [0.25, 0.3) is 0 Å². The number of nitrogens with zero attached hydrogens (tertiary/aromatic N) is 1. The van der Waals surface area contributed by atoms with Gasteiger partial charge in [-0.3, -0.25) is 4.79 Å². The first-order valence-corrected chi connectivity index (χ1v) is 9.38. The molecule has 0 aromatic rings. The van der Waals surface area contributed by atoms with Gasteiger partial charge in [-0.25, -0.2) is 13.6 Å². The monoisotopic (exact) mass is 298 g/mol. The minimum atomic E-state index is -3.52. The fourth-order valence-corrected chi connectivity index (χ4v) is 6.16. The van der Waals surface area contributed by atoms with Gasteiger partial charge in [0.1, 0.15) is 0 Å². The van der Waals surface area contributed by atoms with E-state index in [2.05, 4.69) is 0 Å². The van der Waals surface area contributed by atoms with Crippen molar-refractivity contribution < 1.29 is 13.2 Å². The average Bonchev–Trinajstić information content (AvgIpc) is 2.84. The van der Waals surface area contributed by atoms with E-state index in [1.165, 1.54) is 19.3 Å². The maximum absolute atomic E-state index is 12.7. The highest BCUT2D eigenvalue weighted by atomic mass is 32.2. The number of nitrogens with two attached hydrogens (primary N) is 1. The number of hydrogen-bond donors (Lipinski definition) is 1. The fraction of sp³-hybridized carbons (Fsp3) is 0.929. The number of sulfonamides is 1. The second kappa shape index (κ2) is 4.19. The lowest BCUT2D eigenvalue weighted by Gasteiger charge is -2.32. The molecule has 2 N–H and O–H groups in total. The third-order valence-electron chi connectivity index (χ3n) is 6.17. The molecule has 4 rings (SSSR count). The van der Waals surface area contributed by atoms with Crippen molar-refractivity contribution in [2.45, 2.75) is 37.4 Å². The van der Waals surface area contributed by atoms with Crippen molar-refractivity contribution in [2.24, 2.45) is 34.7 Å². The summed E-state index contributed by atoms with van der Waals surface area (Å²) in [4.78, 5) is 14.4. The maximum atomic E-state index is 12.7. The van der Waals surface area contributed by atoms with Gasteiger partial charge in [-0.1, -0.05) is 0 Å². The van der Waals surface area contributed by atoms with Gasteiger partial charge in [0.15, 0.2) is 0 Å². The van der Waals surface area contributed by atoms with Gasteiger partial charge in [-0.05, 0) is 55.8 Å². The summed E-state index contributed by atoms with van der Waals surface area (Å²) >= 11 is 0. The first-order valence-electron chi connectivity index (χ1n) is 7.77. The Labute approximate surface area is 119 Å². The predicted molar refractivity (Wildman–Crippen MR) is 74.0 cm³/mol. The number of rotatable bonds is 2. The van der Waals surface area contributed by atoms with Crippen molar-refractivity contribution in [3.63, 3.8) is 0 Å². The number of carbonyl (C=O) groups excluding carboxylic acids is 1. The molecule has 1 amide bonds. The molecule has 3 aliphatic carbocycles. The summed E-state index contributed by atoms with van der Waals surface area (Å²) in [6.07, 6.45) is 5.27. The molecular weight excluding hydrogens is 276 g/mol. The van der Waals surface area contributed by atoms with Crippen LogP contribution in [-0.4, -0.2) is 37.6 Å². The number of piperidine rings is 1. The molecule has 4 fully saturated rings. The van der Waals surface area contributed by atoms with Gasteiger partial charge in [0.25, 0.3) is 0 Å². The summed E-state index contributed by atoms with van der Waals surface area (Å²) in [7, 11) is -3.52. The number of amides is 1. The molecule has 1 heterocycles. The zero-order valence-electron chi connectivity index (χ0n) is 11.6. The third-order valence-corrected chi connectivity index (χ3v) is 7.49. The fourth-order valence-electron chi connectivity index (χ4n) is 5.27. The van der Waals surface area contributed by atoms with Crippen LogP contribution in [0.1, 0.15) is 32.1 Å². The predicted octanol–water partition coefficient (Wildman–Crippen LogP) is 0.558.